The Kier molecular flexibility index (Phi) is 4.15. The predicted octanol–water partition coefficient (Wildman–Crippen LogP) is 3.43. The molecule has 4 nitrogen and oxygen atoms in total. The Balaban J connectivity index is 1.94. The first-order valence-corrected chi connectivity index (χ1v) is 7.59. The molecular weight excluding hydrogens is 262 g/mol. The van der Waals surface area contributed by atoms with Crippen molar-refractivity contribution in [2.75, 3.05) is 6.54 Å². The van der Waals surface area contributed by atoms with E-state index in [1.807, 2.05) is 12.1 Å². The van der Waals surface area contributed by atoms with Crippen LogP contribution in [0.3, 0.4) is 0 Å². The summed E-state index contributed by atoms with van der Waals surface area (Å²) >= 11 is 0. The minimum atomic E-state index is 0.469. The van der Waals surface area contributed by atoms with E-state index < -0.39 is 0 Å². The second kappa shape index (κ2) is 6.22. The molecule has 3 rings (SSSR count). The maximum atomic E-state index is 6.14. The molecule has 1 aromatic carbocycles. The number of nitrogens with one attached hydrogen (secondary N) is 1. The van der Waals surface area contributed by atoms with Gasteiger partial charge in [0.2, 0.25) is 5.88 Å². The minimum absolute atomic E-state index is 0.469. The fourth-order valence-electron chi connectivity index (χ4n) is 2.64. The Hall–Kier alpha value is -1.94. The molecule has 1 aliphatic rings. The molecule has 1 N–H and O–H groups in total. The van der Waals surface area contributed by atoms with E-state index in [2.05, 4.69) is 41.3 Å². The van der Waals surface area contributed by atoms with Crippen molar-refractivity contribution in [3.63, 3.8) is 0 Å². The van der Waals surface area contributed by atoms with Crippen molar-refractivity contribution in [1.82, 2.24) is 15.3 Å². The second-order valence-electron chi connectivity index (χ2n) is 5.48. The van der Waals surface area contributed by atoms with Crippen LogP contribution in [0.4, 0.5) is 0 Å². The predicted molar refractivity (Wildman–Crippen MR) is 82.7 cm³/mol. The van der Waals surface area contributed by atoms with E-state index in [4.69, 9.17) is 4.74 Å². The average molecular weight is 283 g/mol. The van der Waals surface area contributed by atoms with E-state index >= 15 is 0 Å². The van der Waals surface area contributed by atoms with Crippen LogP contribution in [-0.2, 0) is 13.0 Å². The van der Waals surface area contributed by atoms with E-state index in [-0.39, 0.29) is 0 Å². The van der Waals surface area contributed by atoms with Crippen LogP contribution in [0, 0.1) is 0 Å². The highest BCUT2D eigenvalue weighted by molar-refractivity contribution is 5.41. The summed E-state index contributed by atoms with van der Waals surface area (Å²) < 4.78 is 6.14. The molecule has 0 bridgehead atoms. The zero-order valence-corrected chi connectivity index (χ0v) is 12.6. The molecule has 21 heavy (non-hydrogen) atoms. The Labute approximate surface area is 125 Å². The largest absolute Gasteiger partial charge is 0.438 e. The number of nitrogens with zero attached hydrogens (tertiary/aromatic N) is 2. The summed E-state index contributed by atoms with van der Waals surface area (Å²) in [6.07, 6.45) is 3.62. The summed E-state index contributed by atoms with van der Waals surface area (Å²) in [6, 6.07) is 8.22. The summed E-state index contributed by atoms with van der Waals surface area (Å²) in [5.41, 5.74) is 3.42. The topological polar surface area (TPSA) is 47.0 Å². The van der Waals surface area contributed by atoms with Gasteiger partial charge >= 0.3 is 0 Å². The number of ether oxygens (including phenoxy) is 1. The Morgan fingerprint density at radius 2 is 2.14 bits per heavy atom. The van der Waals surface area contributed by atoms with Gasteiger partial charge in [-0.05, 0) is 24.0 Å². The van der Waals surface area contributed by atoms with E-state index in [0.717, 1.165) is 42.9 Å². The summed E-state index contributed by atoms with van der Waals surface area (Å²) in [7, 11) is 0. The highest BCUT2D eigenvalue weighted by Gasteiger charge is 2.18. The van der Waals surface area contributed by atoms with Crippen LogP contribution in [0.15, 0.2) is 30.6 Å². The van der Waals surface area contributed by atoms with E-state index in [0.29, 0.717) is 11.8 Å². The number of fused-ring (bicyclic) bond motifs is 1. The molecule has 0 saturated carbocycles. The molecule has 1 aromatic heterocycles. The molecule has 2 aromatic rings. The van der Waals surface area contributed by atoms with Gasteiger partial charge in [-0.15, -0.1) is 0 Å². The Morgan fingerprint density at radius 1 is 1.29 bits per heavy atom. The molecule has 0 radical (unpaired) electrons. The lowest BCUT2D eigenvalue weighted by molar-refractivity contribution is 0.435. The normalized spacial score (nSPS) is 15.3. The maximum absolute atomic E-state index is 6.14. The van der Waals surface area contributed by atoms with E-state index in [1.165, 1.54) is 5.56 Å². The van der Waals surface area contributed by atoms with Crippen molar-refractivity contribution in [2.45, 2.75) is 39.2 Å². The molecule has 0 saturated heterocycles. The Bertz CT molecular complexity index is 627. The number of aromatic nitrogens is 2. The van der Waals surface area contributed by atoms with Gasteiger partial charge in [0.1, 0.15) is 12.1 Å². The fourth-order valence-corrected chi connectivity index (χ4v) is 2.64. The quantitative estimate of drug-likeness (QED) is 0.934. The van der Waals surface area contributed by atoms with Gasteiger partial charge in [0, 0.05) is 19.5 Å². The van der Waals surface area contributed by atoms with Gasteiger partial charge in [0.15, 0.2) is 0 Å². The third kappa shape index (κ3) is 2.90. The molecule has 1 unspecified atom stereocenters. The number of hydrogen-bond donors (Lipinski definition) is 1. The maximum Gasteiger partial charge on any atom is 0.227 e. The molecule has 0 aliphatic carbocycles. The summed E-state index contributed by atoms with van der Waals surface area (Å²) in [4.78, 5) is 8.70. The van der Waals surface area contributed by atoms with Gasteiger partial charge in [-0.25, -0.2) is 9.97 Å². The number of benzene rings is 1. The first-order valence-electron chi connectivity index (χ1n) is 7.59. The number of para-hydroxylation sites is 1. The lowest BCUT2D eigenvalue weighted by Gasteiger charge is -2.20. The number of rotatable bonds is 4. The van der Waals surface area contributed by atoms with Crippen LogP contribution in [0.5, 0.6) is 11.6 Å². The van der Waals surface area contributed by atoms with Gasteiger partial charge < -0.3 is 10.1 Å². The van der Waals surface area contributed by atoms with E-state index in [1.54, 1.807) is 6.33 Å². The monoisotopic (exact) mass is 283 g/mol. The SMILES string of the molecule is CCC(C)c1ccccc1Oc1ncnc2c1CNCC2. The van der Waals surface area contributed by atoms with E-state index in [9.17, 15) is 0 Å². The van der Waals surface area contributed by atoms with Crippen LogP contribution in [-0.4, -0.2) is 16.5 Å². The van der Waals surface area contributed by atoms with Crippen molar-refractivity contribution >= 4 is 0 Å². The van der Waals surface area contributed by atoms with Gasteiger partial charge in [0.05, 0.1) is 11.3 Å². The minimum Gasteiger partial charge on any atom is -0.438 e. The molecule has 2 heterocycles. The van der Waals surface area contributed by atoms with Crippen LogP contribution in [0.2, 0.25) is 0 Å². The van der Waals surface area contributed by atoms with Gasteiger partial charge in [-0.1, -0.05) is 32.0 Å². The molecule has 0 spiro atoms. The molecule has 4 heteroatoms. The van der Waals surface area contributed by atoms with Crippen molar-refractivity contribution in [2.24, 2.45) is 0 Å². The van der Waals surface area contributed by atoms with Crippen molar-refractivity contribution in [3.05, 3.63) is 47.4 Å². The average Bonchev–Trinajstić information content (AvgIpc) is 2.55. The van der Waals surface area contributed by atoms with Crippen LogP contribution >= 0.6 is 0 Å². The van der Waals surface area contributed by atoms with Crippen molar-refractivity contribution < 1.29 is 4.74 Å². The Morgan fingerprint density at radius 3 is 3.00 bits per heavy atom. The second-order valence-corrected chi connectivity index (χ2v) is 5.48. The summed E-state index contributed by atoms with van der Waals surface area (Å²) in [5, 5.41) is 3.36. The van der Waals surface area contributed by atoms with Gasteiger partial charge in [-0.2, -0.15) is 0 Å². The van der Waals surface area contributed by atoms with Gasteiger partial charge in [-0.3, -0.25) is 0 Å². The molecule has 0 fully saturated rings. The van der Waals surface area contributed by atoms with Crippen LogP contribution in [0.25, 0.3) is 0 Å². The van der Waals surface area contributed by atoms with Gasteiger partial charge in [0.25, 0.3) is 0 Å². The zero-order valence-electron chi connectivity index (χ0n) is 12.6. The zero-order chi connectivity index (χ0) is 14.7. The molecule has 1 atom stereocenters. The fraction of sp³-hybridized carbons (Fsp3) is 0.412. The smallest absolute Gasteiger partial charge is 0.227 e. The lowest BCUT2D eigenvalue weighted by atomic mass is 9.98. The van der Waals surface area contributed by atoms with Crippen molar-refractivity contribution in [3.8, 4) is 11.6 Å². The van der Waals surface area contributed by atoms with Crippen LogP contribution < -0.4 is 10.1 Å². The van der Waals surface area contributed by atoms with Crippen LogP contribution in [0.1, 0.15) is 43.0 Å². The van der Waals surface area contributed by atoms with Crippen molar-refractivity contribution in [1.29, 1.82) is 0 Å². The third-order valence-electron chi connectivity index (χ3n) is 4.10. The number of hydrogen-bond acceptors (Lipinski definition) is 4. The molecule has 1 aliphatic heterocycles. The third-order valence-corrected chi connectivity index (χ3v) is 4.10. The summed E-state index contributed by atoms with van der Waals surface area (Å²) in [5.74, 6) is 2.05. The highest BCUT2D eigenvalue weighted by Crippen LogP contribution is 2.33. The molecule has 110 valence electrons. The first kappa shape index (κ1) is 14.0. The highest BCUT2D eigenvalue weighted by atomic mass is 16.5. The first-order chi connectivity index (χ1) is 10.3. The molecular formula is C17H21N3O. The standard InChI is InChI=1S/C17H21N3O/c1-3-12(2)13-6-4-5-7-16(13)21-17-14-10-18-9-8-15(14)19-11-20-17/h4-7,11-12,18H,3,8-10H2,1-2H3. The lowest BCUT2D eigenvalue weighted by Crippen LogP contribution is -2.25. The summed E-state index contributed by atoms with van der Waals surface area (Å²) in [6.45, 7) is 6.15. The molecule has 0 amide bonds.